The van der Waals surface area contributed by atoms with Crippen LogP contribution >= 0.6 is 0 Å². The van der Waals surface area contributed by atoms with Gasteiger partial charge in [0.1, 0.15) is 5.56 Å². The zero-order chi connectivity index (χ0) is 24.9. The van der Waals surface area contributed by atoms with Crippen molar-refractivity contribution >= 4 is 29.2 Å². The van der Waals surface area contributed by atoms with Crippen LogP contribution < -0.4 is 19.6 Å². The van der Waals surface area contributed by atoms with Crippen molar-refractivity contribution in [1.29, 1.82) is 0 Å². The molecule has 0 saturated carbocycles. The van der Waals surface area contributed by atoms with Gasteiger partial charge in [0.15, 0.2) is 5.75 Å². The molecule has 0 heterocycles. The summed E-state index contributed by atoms with van der Waals surface area (Å²) in [6, 6.07) is 2.32. The smallest absolute Gasteiger partial charge is 0.327 e. The van der Waals surface area contributed by atoms with Crippen LogP contribution in [0.2, 0.25) is 0 Å². The largest absolute Gasteiger partial charge is 0.502 e. The monoisotopic (exact) mass is 465 g/mol. The second kappa shape index (κ2) is 9.86. The number of phenolic OH excluding ortho intramolecular Hbond substituents is 1. The van der Waals surface area contributed by atoms with Crippen LogP contribution in [0.4, 0.5) is 17.1 Å². The van der Waals surface area contributed by atoms with Crippen molar-refractivity contribution in [3.05, 3.63) is 59.7 Å². The molecule has 2 aromatic carbocycles. The molecule has 174 valence electrons. The van der Waals surface area contributed by atoms with E-state index in [1.54, 1.807) is 0 Å². The summed E-state index contributed by atoms with van der Waals surface area (Å²) < 4.78 is 15.1. The summed E-state index contributed by atoms with van der Waals surface area (Å²) in [6.45, 7) is 0. The number of nitro benzene ring substituents is 3. The predicted molar refractivity (Wildman–Crippen MR) is 109 cm³/mol. The highest BCUT2D eigenvalue weighted by Gasteiger charge is 2.32. The summed E-state index contributed by atoms with van der Waals surface area (Å²) >= 11 is 0. The number of benzene rings is 2. The Morgan fingerprint density at radius 2 is 1.61 bits per heavy atom. The maximum atomic E-state index is 12.6. The average Bonchev–Trinajstić information content (AvgIpc) is 2.77. The first-order valence-corrected chi connectivity index (χ1v) is 8.53. The number of aromatic hydroxyl groups is 1. The Balaban J connectivity index is 2.49. The van der Waals surface area contributed by atoms with Crippen molar-refractivity contribution in [3.8, 4) is 23.0 Å². The Morgan fingerprint density at radius 1 is 0.970 bits per heavy atom. The van der Waals surface area contributed by atoms with Crippen LogP contribution in [-0.2, 0) is 0 Å². The van der Waals surface area contributed by atoms with Crippen LogP contribution in [0.25, 0.3) is 0 Å². The minimum absolute atomic E-state index is 0.0685. The average molecular weight is 465 g/mol. The van der Waals surface area contributed by atoms with Gasteiger partial charge in [0.25, 0.3) is 11.6 Å². The number of nitrogens with one attached hydrogen (secondary N) is 1. The first-order chi connectivity index (χ1) is 15.6. The van der Waals surface area contributed by atoms with Gasteiger partial charge in [0.05, 0.1) is 53.9 Å². The highest BCUT2D eigenvalue weighted by molar-refractivity contribution is 6.01. The van der Waals surface area contributed by atoms with Crippen LogP contribution in [0.15, 0.2) is 23.3 Å². The maximum absolute atomic E-state index is 12.6. The van der Waals surface area contributed by atoms with Gasteiger partial charge in [-0.15, -0.1) is 0 Å². The van der Waals surface area contributed by atoms with Crippen molar-refractivity contribution in [2.24, 2.45) is 5.10 Å². The van der Waals surface area contributed by atoms with Crippen LogP contribution in [0, 0.1) is 30.3 Å². The number of nitro groups is 3. The number of nitrogens with zero attached hydrogens (tertiary/aromatic N) is 4. The molecule has 0 spiro atoms. The van der Waals surface area contributed by atoms with E-state index in [-0.39, 0.29) is 11.5 Å². The highest BCUT2D eigenvalue weighted by atomic mass is 16.6. The van der Waals surface area contributed by atoms with Gasteiger partial charge in [-0.3, -0.25) is 35.1 Å². The molecule has 0 fully saturated rings. The first kappa shape index (κ1) is 24.3. The molecule has 1 amide bonds. The molecule has 0 aromatic heterocycles. The normalized spacial score (nSPS) is 10.5. The van der Waals surface area contributed by atoms with Gasteiger partial charge in [0.2, 0.25) is 17.2 Å². The Bertz CT molecular complexity index is 1180. The highest BCUT2D eigenvalue weighted by Crippen LogP contribution is 2.46. The Hall–Kier alpha value is -5.02. The van der Waals surface area contributed by atoms with Gasteiger partial charge in [-0.2, -0.15) is 5.10 Å². The molecular formula is C17H15N5O11. The second-order valence-electron chi connectivity index (χ2n) is 5.91. The maximum Gasteiger partial charge on any atom is 0.327 e. The van der Waals surface area contributed by atoms with E-state index in [4.69, 9.17) is 14.2 Å². The summed E-state index contributed by atoms with van der Waals surface area (Å²) in [5, 5.41) is 47.0. The number of methoxy groups -OCH3 is 3. The Morgan fingerprint density at radius 3 is 2.09 bits per heavy atom. The molecule has 2 N–H and O–H groups in total. The molecule has 0 saturated heterocycles. The minimum Gasteiger partial charge on any atom is -0.502 e. The van der Waals surface area contributed by atoms with Gasteiger partial charge in [0, 0.05) is 12.1 Å². The topological polar surface area (TPSA) is 219 Å². The number of hydrazone groups is 1. The fourth-order valence-electron chi connectivity index (χ4n) is 2.68. The molecule has 0 atom stereocenters. The van der Waals surface area contributed by atoms with Gasteiger partial charge in [-0.05, 0) is 0 Å². The van der Waals surface area contributed by atoms with Crippen LogP contribution in [0.1, 0.15) is 15.9 Å². The fraction of sp³-hybridized carbons (Fsp3) is 0.176. The van der Waals surface area contributed by atoms with Crippen LogP contribution in [-0.4, -0.2) is 53.3 Å². The Labute approximate surface area is 183 Å². The first-order valence-electron chi connectivity index (χ1n) is 8.53. The van der Waals surface area contributed by atoms with Crippen molar-refractivity contribution in [1.82, 2.24) is 5.43 Å². The molecule has 16 nitrogen and oxygen atoms in total. The number of carbonyl (C=O) groups is 1. The number of hydrogen-bond acceptors (Lipinski definition) is 12. The minimum atomic E-state index is -1.13. The van der Waals surface area contributed by atoms with Crippen molar-refractivity contribution in [3.63, 3.8) is 0 Å². The van der Waals surface area contributed by atoms with Gasteiger partial charge in [-0.1, -0.05) is 0 Å². The van der Waals surface area contributed by atoms with Gasteiger partial charge < -0.3 is 19.3 Å². The summed E-state index contributed by atoms with van der Waals surface area (Å²) in [5.41, 5.74) is -1.52. The number of phenols is 1. The lowest BCUT2D eigenvalue weighted by Gasteiger charge is -2.14. The predicted octanol–water partition coefficient (Wildman–Crippen LogP) is 1.91. The molecule has 2 aromatic rings. The zero-order valence-corrected chi connectivity index (χ0v) is 17.1. The SMILES string of the molecule is COc1cc(C(=O)N/N=C\c2cc([N+](=O)[O-])cc([N+](=O)[O-])c2O)c([N+](=O)[O-])c(OC)c1OC. The zero-order valence-electron chi connectivity index (χ0n) is 17.1. The lowest BCUT2D eigenvalue weighted by molar-refractivity contribution is -0.394. The number of hydrogen-bond donors (Lipinski definition) is 2. The van der Waals surface area contributed by atoms with Crippen molar-refractivity contribution < 1.29 is 38.9 Å². The molecule has 0 aliphatic rings. The third-order valence-corrected chi connectivity index (χ3v) is 4.11. The standard InChI is InChI=1S/C17H15N5O11/c1-31-12-6-10(13(22(29)30)16(33-3)15(12)32-2)17(24)19-18-7-8-4-9(20(25)26)5-11(14(8)23)21(27)28/h4-7,23H,1-3H3,(H,19,24)/b18-7-. The molecule has 0 radical (unpaired) electrons. The summed E-state index contributed by atoms with van der Waals surface area (Å²) in [7, 11) is 3.54. The van der Waals surface area contributed by atoms with Crippen LogP contribution in [0.5, 0.6) is 23.0 Å². The van der Waals surface area contributed by atoms with E-state index < -0.39 is 60.4 Å². The second-order valence-corrected chi connectivity index (χ2v) is 5.91. The van der Waals surface area contributed by atoms with E-state index in [2.05, 4.69) is 5.10 Å². The van der Waals surface area contributed by atoms with Crippen molar-refractivity contribution in [2.45, 2.75) is 0 Å². The van der Waals surface area contributed by atoms with E-state index in [0.29, 0.717) is 12.3 Å². The summed E-state index contributed by atoms with van der Waals surface area (Å²) in [5.74, 6) is -2.68. The molecule has 0 aliphatic carbocycles. The summed E-state index contributed by atoms with van der Waals surface area (Å²) in [6.07, 6.45) is 0.692. The van der Waals surface area contributed by atoms with E-state index in [0.717, 1.165) is 19.2 Å². The van der Waals surface area contributed by atoms with E-state index in [1.807, 2.05) is 5.43 Å². The lowest BCUT2D eigenvalue weighted by atomic mass is 10.1. The van der Waals surface area contributed by atoms with E-state index in [9.17, 15) is 40.2 Å². The van der Waals surface area contributed by atoms with Gasteiger partial charge in [-0.25, -0.2) is 5.43 Å². The van der Waals surface area contributed by atoms with E-state index in [1.165, 1.54) is 14.2 Å². The quantitative estimate of drug-likeness (QED) is 0.309. The molecular weight excluding hydrogens is 450 g/mol. The number of ether oxygens (including phenoxy) is 3. The van der Waals surface area contributed by atoms with Crippen LogP contribution in [0.3, 0.4) is 0 Å². The third kappa shape index (κ3) is 4.84. The fourth-order valence-corrected chi connectivity index (χ4v) is 2.68. The molecule has 0 unspecified atom stereocenters. The molecule has 33 heavy (non-hydrogen) atoms. The number of carbonyl (C=O) groups excluding carboxylic acids is 1. The summed E-state index contributed by atoms with van der Waals surface area (Å²) in [4.78, 5) is 43.2. The molecule has 0 aliphatic heterocycles. The third-order valence-electron chi connectivity index (χ3n) is 4.11. The van der Waals surface area contributed by atoms with Crippen molar-refractivity contribution in [2.75, 3.05) is 21.3 Å². The Kier molecular flexibility index (Phi) is 7.24. The molecule has 16 heteroatoms. The molecule has 0 bridgehead atoms. The molecule has 2 rings (SSSR count). The number of rotatable bonds is 9. The van der Waals surface area contributed by atoms with E-state index >= 15 is 0 Å². The lowest BCUT2D eigenvalue weighted by Crippen LogP contribution is -2.20. The number of amides is 1. The number of non-ortho nitro benzene ring substituents is 1. The van der Waals surface area contributed by atoms with Gasteiger partial charge >= 0.3 is 11.4 Å².